The lowest BCUT2D eigenvalue weighted by Crippen LogP contribution is -2.29. The smallest absolute Gasteiger partial charge is 0.238 e. The second-order valence-corrected chi connectivity index (χ2v) is 6.45. The summed E-state index contributed by atoms with van der Waals surface area (Å²) in [5.41, 5.74) is -0.0749. The van der Waals surface area contributed by atoms with Gasteiger partial charge in [-0.15, -0.1) is 0 Å². The summed E-state index contributed by atoms with van der Waals surface area (Å²) in [5.74, 6) is -1.50. The third-order valence-corrected chi connectivity index (χ3v) is 4.39. The third-order valence-electron chi connectivity index (χ3n) is 3.48. The Morgan fingerprint density at radius 2 is 2.24 bits per heavy atom. The van der Waals surface area contributed by atoms with E-state index in [1.807, 2.05) is 6.92 Å². The van der Waals surface area contributed by atoms with Crippen molar-refractivity contribution in [1.82, 2.24) is 0 Å². The number of anilines is 1. The average Bonchev–Trinajstić information content (AvgIpc) is 2.88. The van der Waals surface area contributed by atoms with Crippen molar-refractivity contribution in [2.24, 2.45) is 11.1 Å². The van der Waals surface area contributed by atoms with E-state index in [2.05, 4.69) is 5.32 Å². The minimum absolute atomic E-state index is 0.0749. The molecule has 0 bridgehead atoms. The van der Waals surface area contributed by atoms with Crippen LogP contribution in [0.4, 0.5) is 10.1 Å². The summed E-state index contributed by atoms with van der Waals surface area (Å²) in [4.78, 5) is 11.8. The number of nitrogens with one attached hydrogen (secondary N) is 1. The Bertz CT molecular complexity index is 648. The Morgan fingerprint density at radius 3 is 2.81 bits per heavy atom. The molecule has 1 aromatic carbocycles. The van der Waals surface area contributed by atoms with Gasteiger partial charge in [0.2, 0.25) is 15.9 Å². The lowest BCUT2D eigenvalue weighted by Gasteiger charge is -2.16. The van der Waals surface area contributed by atoms with E-state index < -0.39 is 15.8 Å². The van der Waals surface area contributed by atoms with Gasteiger partial charge < -0.3 is 10.1 Å². The van der Waals surface area contributed by atoms with Gasteiger partial charge in [0.15, 0.2) is 0 Å². The zero-order valence-corrected chi connectivity index (χ0v) is 12.3. The standard InChI is InChI=1S/C13H17FN2O4S/c1-2-12-9(5-6-20-12)13(17)16-11-4-3-8(7-10(11)14)21(15,18)19/h3-4,7,9,12H,2,5-6H2,1H3,(H,16,17)(H2,15,18,19). The van der Waals surface area contributed by atoms with Crippen LogP contribution in [0.25, 0.3) is 0 Å². The predicted molar refractivity (Wildman–Crippen MR) is 74.5 cm³/mol. The fraction of sp³-hybridized carbons (Fsp3) is 0.462. The van der Waals surface area contributed by atoms with Crippen LogP contribution >= 0.6 is 0 Å². The Morgan fingerprint density at radius 1 is 1.52 bits per heavy atom. The first-order chi connectivity index (χ1) is 9.82. The highest BCUT2D eigenvalue weighted by Crippen LogP contribution is 2.26. The molecule has 0 aliphatic carbocycles. The maximum atomic E-state index is 13.8. The molecule has 0 radical (unpaired) electrons. The molecule has 1 saturated heterocycles. The normalized spacial score (nSPS) is 22.2. The van der Waals surface area contributed by atoms with Crippen LogP contribution in [0, 0.1) is 11.7 Å². The van der Waals surface area contributed by atoms with E-state index in [9.17, 15) is 17.6 Å². The molecule has 2 unspecified atom stereocenters. The van der Waals surface area contributed by atoms with Gasteiger partial charge in [-0.1, -0.05) is 6.92 Å². The van der Waals surface area contributed by atoms with Crippen molar-refractivity contribution >= 4 is 21.6 Å². The third kappa shape index (κ3) is 3.58. The number of hydrogen-bond acceptors (Lipinski definition) is 4. The lowest BCUT2D eigenvalue weighted by atomic mass is 9.98. The molecule has 3 N–H and O–H groups in total. The van der Waals surface area contributed by atoms with Gasteiger partial charge in [-0.25, -0.2) is 17.9 Å². The van der Waals surface area contributed by atoms with Crippen LogP contribution in [0.1, 0.15) is 19.8 Å². The van der Waals surface area contributed by atoms with E-state index in [0.717, 1.165) is 12.1 Å². The SMILES string of the molecule is CCC1OCCC1C(=O)Nc1ccc(S(N)(=O)=O)cc1F. The number of primary sulfonamides is 1. The Balaban J connectivity index is 2.15. The summed E-state index contributed by atoms with van der Waals surface area (Å²) in [5, 5.41) is 7.38. The first-order valence-corrected chi connectivity index (χ1v) is 8.12. The molecule has 0 spiro atoms. The van der Waals surface area contributed by atoms with Crippen LogP contribution in [0.3, 0.4) is 0 Å². The second kappa shape index (κ2) is 6.08. The zero-order valence-electron chi connectivity index (χ0n) is 11.5. The number of nitrogens with two attached hydrogens (primary N) is 1. The molecular formula is C13H17FN2O4S. The maximum absolute atomic E-state index is 13.8. The van der Waals surface area contributed by atoms with Crippen LogP contribution in [0.2, 0.25) is 0 Å². The minimum Gasteiger partial charge on any atom is -0.377 e. The average molecular weight is 316 g/mol. The van der Waals surface area contributed by atoms with Crippen molar-refractivity contribution < 1.29 is 22.3 Å². The van der Waals surface area contributed by atoms with Gasteiger partial charge >= 0.3 is 0 Å². The van der Waals surface area contributed by atoms with Crippen molar-refractivity contribution in [3.8, 4) is 0 Å². The van der Waals surface area contributed by atoms with Crippen molar-refractivity contribution in [3.05, 3.63) is 24.0 Å². The van der Waals surface area contributed by atoms with Gasteiger partial charge in [0, 0.05) is 6.61 Å². The van der Waals surface area contributed by atoms with Crippen molar-refractivity contribution in [1.29, 1.82) is 0 Å². The zero-order chi connectivity index (χ0) is 15.6. The van der Waals surface area contributed by atoms with Crippen LogP contribution in [-0.2, 0) is 19.6 Å². The number of amides is 1. The number of benzene rings is 1. The van der Waals surface area contributed by atoms with Crippen LogP contribution in [0.5, 0.6) is 0 Å². The van der Waals surface area contributed by atoms with Crippen molar-refractivity contribution in [2.45, 2.75) is 30.8 Å². The molecular weight excluding hydrogens is 299 g/mol. The van der Waals surface area contributed by atoms with Crippen LogP contribution < -0.4 is 10.5 Å². The Hall–Kier alpha value is -1.51. The van der Waals surface area contributed by atoms with Crippen molar-refractivity contribution in [2.75, 3.05) is 11.9 Å². The second-order valence-electron chi connectivity index (χ2n) is 4.89. The number of hydrogen-bond donors (Lipinski definition) is 2. The summed E-state index contributed by atoms with van der Waals surface area (Å²) in [6, 6.07) is 3.12. The topological polar surface area (TPSA) is 98.5 Å². The quantitative estimate of drug-likeness (QED) is 0.872. The number of carbonyl (C=O) groups is 1. The highest BCUT2D eigenvalue weighted by Gasteiger charge is 2.33. The monoisotopic (exact) mass is 316 g/mol. The van der Waals surface area contributed by atoms with E-state index in [4.69, 9.17) is 9.88 Å². The number of sulfonamides is 1. The largest absolute Gasteiger partial charge is 0.377 e. The van der Waals surface area contributed by atoms with Gasteiger partial charge in [-0.3, -0.25) is 4.79 Å². The molecule has 116 valence electrons. The summed E-state index contributed by atoms with van der Waals surface area (Å²) in [6.07, 6.45) is 1.11. The first-order valence-electron chi connectivity index (χ1n) is 6.57. The van der Waals surface area contributed by atoms with E-state index >= 15 is 0 Å². The molecule has 1 aliphatic rings. The molecule has 2 rings (SSSR count). The lowest BCUT2D eigenvalue weighted by molar-refractivity contribution is -0.121. The molecule has 8 heteroatoms. The summed E-state index contributed by atoms with van der Waals surface area (Å²) >= 11 is 0. The van der Waals surface area contributed by atoms with Gasteiger partial charge in [0.1, 0.15) is 5.82 Å². The molecule has 1 aromatic rings. The first kappa shape index (κ1) is 15.9. The molecule has 1 amide bonds. The summed E-state index contributed by atoms with van der Waals surface area (Å²) in [6.45, 7) is 2.42. The van der Waals surface area contributed by atoms with Crippen LogP contribution in [-0.4, -0.2) is 27.0 Å². The molecule has 1 aliphatic heterocycles. The summed E-state index contributed by atoms with van der Waals surface area (Å²) < 4.78 is 41.5. The molecule has 21 heavy (non-hydrogen) atoms. The summed E-state index contributed by atoms with van der Waals surface area (Å²) in [7, 11) is -3.97. The molecule has 1 heterocycles. The predicted octanol–water partition coefficient (Wildman–Crippen LogP) is 1.23. The van der Waals surface area contributed by atoms with Gasteiger partial charge in [-0.2, -0.15) is 0 Å². The Labute approximate surface area is 122 Å². The van der Waals surface area contributed by atoms with Crippen molar-refractivity contribution in [3.63, 3.8) is 0 Å². The number of ether oxygens (including phenoxy) is 1. The Kier molecular flexibility index (Phi) is 4.60. The molecule has 1 fully saturated rings. The van der Waals surface area contributed by atoms with E-state index in [1.54, 1.807) is 0 Å². The van der Waals surface area contributed by atoms with E-state index in [-0.39, 0.29) is 28.5 Å². The van der Waals surface area contributed by atoms with Gasteiger partial charge in [0.25, 0.3) is 0 Å². The van der Waals surface area contributed by atoms with Gasteiger partial charge in [-0.05, 0) is 31.0 Å². The van der Waals surface area contributed by atoms with Crippen LogP contribution in [0.15, 0.2) is 23.1 Å². The molecule has 0 saturated carbocycles. The molecule has 2 atom stereocenters. The highest BCUT2D eigenvalue weighted by atomic mass is 32.2. The highest BCUT2D eigenvalue weighted by molar-refractivity contribution is 7.89. The molecule has 0 aromatic heterocycles. The van der Waals surface area contributed by atoms with Gasteiger partial charge in [0.05, 0.1) is 22.6 Å². The van der Waals surface area contributed by atoms with E-state index in [1.165, 1.54) is 6.07 Å². The number of halogens is 1. The number of carbonyl (C=O) groups excluding carboxylic acids is 1. The maximum Gasteiger partial charge on any atom is 0.238 e. The fourth-order valence-electron chi connectivity index (χ4n) is 2.35. The number of rotatable bonds is 4. The fourth-order valence-corrected chi connectivity index (χ4v) is 2.88. The molecule has 6 nitrogen and oxygen atoms in total. The minimum atomic E-state index is -3.97. The van der Waals surface area contributed by atoms with E-state index in [0.29, 0.717) is 19.4 Å².